The second-order valence-corrected chi connectivity index (χ2v) is 5.00. The zero-order valence-electron chi connectivity index (χ0n) is 10.6. The first-order chi connectivity index (χ1) is 10.1. The molecule has 2 heterocycles. The van der Waals surface area contributed by atoms with Gasteiger partial charge in [-0.3, -0.25) is 4.79 Å². The highest BCUT2D eigenvalue weighted by atomic mass is 35.5. The van der Waals surface area contributed by atoms with Gasteiger partial charge in [-0.25, -0.2) is 4.98 Å². The topological polar surface area (TPSA) is 83.6 Å². The number of fused-ring (bicyclic) bond motifs is 1. The summed E-state index contributed by atoms with van der Waals surface area (Å²) in [4.78, 5) is 19.5. The van der Waals surface area contributed by atoms with Crippen molar-refractivity contribution < 1.29 is 4.79 Å². The van der Waals surface area contributed by atoms with Gasteiger partial charge in [-0.15, -0.1) is 10.2 Å². The average Bonchev–Trinajstić information content (AvgIpc) is 2.90. The summed E-state index contributed by atoms with van der Waals surface area (Å²) in [5.74, 6) is 0.256. The van der Waals surface area contributed by atoms with Crippen molar-refractivity contribution in [2.45, 2.75) is 6.54 Å². The number of carbonyl (C=O) groups is 1. The van der Waals surface area contributed by atoms with Crippen molar-refractivity contribution in [3.8, 4) is 0 Å². The summed E-state index contributed by atoms with van der Waals surface area (Å²) in [7, 11) is 0. The molecule has 0 saturated heterocycles. The van der Waals surface area contributed by atoms with Gasteiger partial charge in [0.2, 0.25) is 0 Å². The number of carbonyl (C=O) groups excluding carboxylic acids is 1. The van der Waals surface area contributed by atoms with E-state index in [0.717, 1.165) is 11.0 Å². The number of benzene rings is 1. The number of para-hydroxylation sites is 2. The van der Waals surface area contributed by atoms with E-state index in [0.29, 0.717) is 5.82 Å². The molecule has 3 aromatic rings. The van der Waals surface area contributed by atoms with E-state index >= 15 is 0 Å². The third-order valence-corrected chi connectivity index (χ3v) is 3.28. The highest BCUT2D eigenvalue weighted by Gasteiger charge is 2.13. The molecule has 0 radical (unpaired) electrons. The molecule has 3 rings (SSSR count). The van der Waals surface area contributed by atoms with Crippen molar-refractivity contribution in [3.05, 3.63) is 52.0 Å². The minimum absolute atomic E-state index is 0.00139. The largest absolute Gasteiger partial charge is 0.345 e. The zero-order chi connectivity index (χ0) is 14.8. The second kappa shape index (κ2) is 5.67. The van der Waals surface area contributed by atoms with E-state index in [1.165, 1.54) is 6.07 Å². The lowest BCUT2D eigenvalue weighted by Gasteiger charge is -2.04. The summed E-state index contributed by atoms with van der Waals surface area (Å²) in [6.07, 6.45) is 0. The van der Waals surface area contributed by atoms with E-state index in [9.17, 15) is 4.79 Å². The lowest BCUT2D eigenvalue weighted by Crippen LogP contribution is -2.24. The Kier molecular flexibility index (Phi) is 3.72. The third kappa shape index (κ3) is 2.96. The van der Waals surface area contributed by atoms with Crippen LogP contribution < -0.4 is 5.32 Å². The number of halogens is 2. The first-order valence-electron chi connectivity index (χ1n) is 6.04. The Bertz CT molecular complexity index is 784. The summed E-state index contributed by atoms with van der Waals surface area (Å²) in [5, 5.41) is 9.95. The fraction of sp³-hybridized carbons (Fsp3) is 0.0769. The lowest BCUT2D eigenvalue weighted by molar-refractivity contribution is 0.0949. The maximum Gasteiger partial charge on any atom is 0.254 e. The van der Waals surface area contributed by atoms with Crippen molar-refractivity contribution >= 4 is 40.1 Å². The number of hydrogen-bond acceptors (Lipinski definition) is 4. The Morgan fingerprint density at radius 2 is 2.05 bits per heavy atom. The number of amides is 1. The van der Waals surface area contributed by atoms with E-state index in [2.05, 4.69) is 25.5 Å². The molecule has 0 atom stereocenters. The van der Waals surface area contributed by atoms with E-state index in [1.807, 2.05) is 24.3 Å². The van der Waals surface area contributed by atoms with Crippen LogP contribution in [0, 0.1) is 0 Å². The highest BCUT2D eigenvalue weighted by Crippen LogP contribution is 2.15. The van der Waals surface area contributed by atoms with Crippen LogP contribution in [0.2, 0.25) is 10.3 Å². The average molecular weight is 322 g/mol. The van der Waals surface area contributed by atoms with E-state index in [-0.39, 0.29) is 22.4 Å². The normalized spacial score (nSPS) is 10.8. The van der Waals surface area contributed by atoms with Crippen LogP contribution in [-0.2, 0) is 6.54 Å². The number of aromatic nitrogens is 4. The Balaban J connectivity index is 1.74. The summed E-state index contributed by atoms with van der Waals surface area (Å²) in [5.41, 5.74) is 1.93. The van der Waals surface area contributed by atoms with Crippen LogP contribution in [0.25, 0.3) is 11.0 Å². The van der Waals surface area contributed by atoms with Gasteiger partial charge in [0, 0.05) is 0 Å². The van der Waals surface area contributed by atoms with Crippen molar-refractivity contribution in [3.63, 3.8) is 0 Å². The SMILES string of the molecule is O=C(NCc1nc2ccccc2[nH]1)c1cc(Cl)nnc1Cl. The molecule has 6 nitrogen and oxygen atoms in total. The van der Waals surface area contributed by atoms with Crippen LogP contribution in [0.1, 0.15) is 16.2 Å². The number of H-pyrrole nitrogens is 1. The van der Waals surface area contributed by atoms with Gasteiger partial charge in [0.15, 0.2) is 10.3 Å². The van der Waals surface area contributed by atoms with Crippen LogP contribution in [0.3, 0.4) is 0 Å². The molecule has 0 aliphatic heterocycles. The molecule has 1 amide bonds. The van der Waals surface area contributed by atoms with Gasteiger partial charge in [-0.2, -0.15) is 0 Å². The van der Waals surface area contributed by atoms with Crippen molar-refractivity contribution in [2.24, 2.45) is 0 Å². The maximum absolute atomic E-state index is 12.0. The number of rotatable bonds is 3. The minimum Gasteiger partial charge on any atom is -0.345 e. The molecule has 106 valence electrons. The van der Waals surface area contributed by atoms with Crippen molar-refractivity contribution in [1.82, 2.24) is 25.5 Å². The Labute approximate surface area is 129 Å². The monoisotopic (exact) mass is 321 g/mol. The number of nitrogens with one attached hydrogen (secondary N) is 2. The molecule has 0 bridgehead atoms. The van der Waals surface area contributed by atoms with E-state index in [1.54, 1.807) is 0 Å². The van der Waals surface area contributed by atoms with Crippen LogP contribution in [0.4, 0.5) is 0 Å². The second-order valence-electron chi connectivity index (χ2n) is 4.25. The number of nitrogens with zero attached hydrogens (tertiary/aromatic N) is 3. The molecule has 0 fully saturated rings. The van der Waals surface area contributed by atoms with Crippen LogP contribution >= 0.6 is 23.2 Å². The first kappa shape index (κ1) is 13.8. The number of imidazole rings is 1. The third-order valence-electron chi connectivity index (χ3n) is 2.82. The molecule has 1 aromatic carbocycles. The van der Waals surface area contributed by atoms with Crippen molar-refractivity contribution in [1.29, 1.82) is 0 Å². The zero-order valence-corrected chi connectivity index (χ0v) is 12.1. The van der Waals surface area contributed by atoms with Gasteiger partial charge in [0.1, 0.15) is 5.82 Å². The lowest BCUT2D eigenvalue weighted by atomic mass is 10.3. The van der Waals surface area contributed by atoms with Gasteiger partial charge < -0.3 is 10.3 Å². The van der Waals surface area contributed by atoms with Crippen molar-refractivity contribution in [2.75, 3.05) is 0 Å². The number of aromatic amines is 1. The van der Waals surface area contributed by atoms with Gasteiger partial charge >= 0.3 is 0 Å². The molecule has 2 aromatic heterocycles. The highest BCUT2D eigenvalue weighted by molar-refractivity contribution is 6.34. The predicted octanol–water partition coefficient (Wildman–Crippen LogP) is 2.59. The van der Waals surface area contributed by atoms with Crippen LogP contribution in [0.15, 0.2) is 30.3 Å². The predicted molar refractivity (Wildman–Crippen MR) is 79.3 cm³/mol. The van der Waals surface area contributed by atoms with Gasteiger partial charge in [-0.1, -0.05) is 35.3 Å². The summed E-state index contributed by atoms with van der Waals surface area (Å²) in [6, 6.07) is 8.98. The Morgan fingerprint density at radius 1 is 1.24 bits per heavy atom. The molecular weight excluding hydrogens is 313 g/mol. The molecular formula is C13H9Cl2N5O. The summed E-state index contributed by atoms with van der Waals surface area (Å²) >= 11 is 11.5. The number of hydrogen-bond donors (Lipinski definition) is 2. The minimum atomic E-state index is -0.391. The summed E-state index contributed by atoms with van der Waals surface area (Å²) in [6.45, 7) is 0.240. The molecule has 0 saturated carbocycles. The van der Waals surface area contributed by atoms with E-state index in [4.69, 9.17) is 23.2 Å². The van der Waals surface area contributed by atoms with E-state index < -0.39 is 5.91 Å². The summed E-state index contributed by atoms with van der Waals surface area (Å²) < 4.78 is 0. The standard InChI is InChI=1S/C13H9Cl2N5O/c14-10-5-7(12(15)20-19-10)13(21)16-6-11-17-8-3-1-2-4-9(8)18-11/h1-5H,6H2,(H,16,21)(H,17,18). The molecule has 2 N–H and O–H groups in total. The molecule has 21 heavy (non-hydrogen) atoms. The van der Waals surface area contributed by atoms with Gasteiger partial charge in [0.05, 0.1) is 23.1 Å². The molecule has 8 heteroatoms. The molecule has 0 aliphatic rings. The molecule has 0 spiro atoms. The van der Waals surface area contributed by atoms with Crippen LogP contribution in [0.5, 0.6) is 0 Å². The van der Waals surface area contributed by atoms with Crippen LogP contribution in [-0.4, -0.2) is 26.1 Å². The Morgan fingerprint density at radius 3 is 2.86 bits per heavy atom. The maximum atomic E-state index is 12.0. The van der Waals surface area contributed by atoms with Gasteiger partial charge in [0.25, 0.3) is 5.91 Å². The quantitative estimate of drug-likeness (QED) is 0.776. The molecule has 0 unspecified atom stereocenters. The van der Waals surface area contributed by atoms with Gasteiger partial charge in [-0.05, 0) is 18.2 Å². The smallest absolute Gasteiger partial charge is 0.254 e. The fourth-order valence-corrected chi connectivity index (χ4v) is 2.19. The fourth-order valence-electron chi connectivity index (χ4n) is 1.86. The first-order valence-corrected chi connectivity index (χ1v) is 6.79. The molecule has 0 aliphatic carbocycles. The Hall–Kier alpha value is -2.18.